The summed E-state index contributed by atoms with van der Waals surface area (Å²) in [5.74, 6) is 1.45. The molecule has 0 bridgehead atoms. The molecule has 0 aliphatic carbocycles. The molecular formula is C16H18F3N5. The Morgan fingerprint density at radius 2 is 2.12 bits per heavy atom. The predicted molar refractivity (Wildman–Crippen MR) is 85.2 cm³/mol. The van der Waals surface area contributed by atoms with Crippen molar-refractivity contribution < 1.29 is 13.2 Å². The van der Waals surface area contributed by atoms with E-state index >= 15 is 0 Å². The molecule has 8 heteroatoms. The number of alkyl halides is 3. The van der Waals surface area contributed by atoms with E-state index in [1.54, 1.807) is 6.20 Å². The van der Waals surface area contributed by atoms with Crippen molar-refractivity contribution in [2.45, 2.75) is 25.9 Å². The number of halogens is 3. The third-order valence-corrected chi connectivity index (χ3v) is 3.97. The highest BCUT2D eigenvalue weighted by Crippen LogP contribution is 2.31. The van der Waals surface area contributed by atoms with E-state index in [1.807, 2.05) is 0 Å². The Morgan fingerprint density at radius 1 is 1.29 bits per heavy atom. The molecule has 2 aromatic rings. The third kappa shape index (κ3) is 3.93. The van der Waals surface area contributed by atoms with Gasteiger partial charge in [0.2, 0.25) is 5.95 Å². The molecule has 1 aromatic carbocycles. The average Bonchev–Trinajstić information content (AvgIpc) is 2.55. The normalized spacial score (nSPS) is 18.5. The summed E-state index contributed by atoms with van der Waals surface area (Å²) in [6, 6.07) is 4.93. The van der Waals surface area contributed by atoms with Crippen molar-refractivity contribution in [3.8, 4) is 0 Å². The van der Waals surface area contributed by atoms with Gasteiger partial charge in [-0.2, -0.15) is 23.3 Å². The van der Waals surface area contributed by atoms with E-state index in [2.05, 4.69) is 32.3 Å². The summed E-state index contributed by atoms with van der Waals surface area (Å²) in [5, 5.41) is 10.6. The van der Waals surface area contributed by atoms with Crippen LogP contribution in [0.1, 0.15) is 25.3 Å². The Bertz CT molecular complexity index is 704. The molecular weight excluding hydrogens is 319 g/mol. The molecule has 0 saturated carbocycles. The molecule has 0 radical (unpaired) electrons. The second kappa shape index (κ2) is 6.62. The van der Waals surface area contributed by atoms with Crippen LogP contribution in [0.25, 0.3) is 0 Å². The Morgan fingerprint density at radius 3 is 2.88 bits per heavy atom. The van der Waals surface area contributed by atoms with Gasteiger partial charge >= 0.3 is 6.18 Å². The SMILES string of the molecule is CC1CCCN(c2cnnc(Nc3cccc(C(F)(F)F)c3)n2)C1. The molecule has 0 amide bonds. The minimum Gasteiger partial charge on any atom is -0.355 e. The van der Waals surface area contributed by atoms with Gasteiger partial charge in [-0.3, -0.25) is 0 Å². The second-order valence-electron chi connectivity index (χ2n) is 6.04. The third-order valence-electron chi connectivity index (χ3n) is 3.97. The summed E-state index contributed by atoms with van der Waals surface area (Å²) >= 11 is 0. The number of nitrogens with one attached hydrogen (secondary N) is 1. The molecule has 2 heterocycles. The fourth-order valence-corrected chi connectivity index (χ4v) is 2.80. The van der Waals surface area contributed by atoms with E-state index in [4.69, 9.17) is 0 Å². The number of hydrogen-bond acceptors (Lipinski definition) is 5. The van der Waals surface area contributed by atoms with Crippen LogP contribution in [0.4, 0.5) is 30.6 Å². The van der Waals surface area contributed by atoms with Gasteiger partial charge in [-0.05, 0) is 37.0 Å². The molecule has 5 nitrogen and oxygen atoms in total. The lowest BCUT2D eigenvalue weighted by atomic mass is 10.0. The van der Waals surface area contributed by atoms with Crippen LogP contribution < -0.4 is 10.2 Å². The number of piperidine rings is 1. The van der Waals surface area contributed by atoms with Gasteiger partial charge in [-0.25, -0.2) is 0 Å². The molecule has 1 aliphatic heterocycles. The molecule has 1 saturated heterocycles. The Hall–Kier alpha value is -2.38. The summed E-state index contributed by atoms with van der Waals surface area (Å²) in [7, 11) is 0. The van der Waals surface area contributed by atoms with Crippen LogP contribution in [-0.4, -0.2) is 28.3 Å². The number of nitrogens with zero attached hydrogens (tertiary/aromatic N) is 4. The lowest BCUT2D eigenvalue weighted by Gasteiger charge is -2.31. The molecule has 1 unspecified atom stereocenters. The van der Waals surface area contributed by atoms with Crippen LogP contribution in [0.5, 0.6) is 0 Å². The highest BCUT2D eigenvalue weighted by Gasteiger charge is 2.30. The summed E-state index contributed by atoms with van der Waals surface area (Å²) in [6.45, 7) is 3.97. The summed E-state index contributed by atoms with van der Waals surface area (Å²) in [6.07, 6.45) is -0.538. The van der Waals surface area contributed by atoms with Gasteiger partial charge in [0.05, 0.1) is 11.8 Å². The standard InChI is InChI=1S/C16H18F3N5/c1-11-4-3-7-24(10-11)14-9-20-23-15(22-14)21-13-6-2-5-12(8-13)16(17,18)19/h2,5-6,8-9,11H,3-4,7,10H2,1H3,(H,21,22,23). The monoisotopic (exact) mass is 337 g/mol. The first kappa shape index (κ1) is 16.5. The topological polar surface area (TPSA) is 53.9 Å². The van der Waals surface area contributed by atoms with Crippen molar-refractivity contribution in [1.82, 2.24) is 15.2 Å². The van der Waals surface area contributed by atoms with Crippen molar-refractivity contribution in [2.75, 3.05) is 23.3 Å². The van der Waals surface area contributed by atoms with Gasteiger partial charge in [0.15, 0.2) is 5.82 Å². The number of rotatable bonds is 3. The zero-order chi connectivity index (χ0) is 17.2. The first-order chi connectivity index (χ1) is 11.4. The maximum atomic E-state index is 12.8. The fraction of sp³-hybridized carbons (Fsp3) is 0.438. The summed E-state index contributed by atoms with van der Waals surface area (Å²) in [4.78, 5) is 6.50. The van der Waals surface area contributed by atoms with Crippen LogP contribution in [-0.2, 0) is 6.18 Å². The van der Waals surface area contributed by atoms with Gasteiger partial charge in [0, 0.05) is 18.8 Å². The highest BCUT2D eigenvalue weighted by atomic mass is 19.4. The lowest BCUT2D eigenvalue weighted by Crippen LogP contribution is -2.35. The van der Waals surface area contributed by atoms with Crippen LogP contribution in [0.15, 0.2) is 30.5 Å². The van der Waals surface area contributed by atoms with Crippen molar-refractivity contribution in [2.24, 2.45) is 5.92 Å². The molecule has 0 spiro atoms. The maximum Gasteiger partial charge on any atom is 0.416 e. The highest BCUT2D eigenvalue weighted by molar-refractivity contribution is 5.55. The van der Waals surface area contributed by atoms with Gasteiger partial charge < -0.3 is 10.2 Å². The lowest BCUT2D eigenvalue weighted by molar-refractivity contribution is -0.137. The van der Waals surface area contributed by atoms with Crippen molar-refractivity contribution in [3.63, 3.8) is 0 Å². The van der Waals surface area contributed by atoms with Gasteiger partial charge in [0.25, 0.3) is 0 Å². The second-order valence-corrected chi connectivity index (χ2v) is 6.04. The van der Waals surface area contributed by atoms with Gasteiger partial charge in [-0.1, -0.05) is 13.0 Å². The quantitative estimate of drug-likeness (QED) is 0.921. The maximum absolute atomic E-state index is 12.8. The zero-order valence-corrected chi connectivity index (χ0v) is 13.2. The van der Waals surface area contributed by atoms with Crippen LogP contribution in [0, 0.1) is 5.92 Å². The minimum atomic E-state index is -4.39. The minimum absolute atomic E-state index is 0.185. The Labute approximate surface area is 137 Å². The molecule has 128 valence electrons. The van der Waals surface area contributed by atoms with E-state index < -0.39 is 11.7 Å². The zero-order valence-electron chi connectivity index (χ0n) is 13.2. The first-order valence-corrected chi connectivity index (χ1v) is 7.81. The van der Waals surface area contributed by atoms with E-state index in [9.17, 15) is 13.2 Å². The summed E-state index contributed by atoms with van der Waals surface area (Å²) in [5.41, 5.74) is -0.447. The largest absolute Gasteiger partial charge is 0.416 e. The summed E-state index contributed by atoms with van der Waals surface area (Å²) < 4.78 is 38.3. The average molecular weight is 337 g/mol. The predicted octanol–water partition coefficient (Wildman–Crippen LogP) is 3.87. The van der Waals surface area contributed by atoms with E-state index in [-0.39, 0.29) is 11.6 Å². The number of aromatic nitrogens is 3. The molecule has 24 heavy (non-hydrogen) atoms. The van der Waals surface area contributed by atoms with Crippen molar-refractivity contribution in [1.29, 1.82) is 0 Å². The van der Waals surface area contributed by atoms with E-state index in [0.29, 0.717) is 11.7 Å². The van der Waals surface area contributed by atoms with Crippen LogP contribution in [0.2, 0.25) is 0 Å². The number of hydrogen-bond donors (Lipinski definition) is 1. The smallest absolute Gasteiger partial charge is 0.355 e. The van der Waals surface area contributed by atoms with Crippen LogP contribution in [0.3, 0.4) is 0 Å². The number of anilines is 3. The van der Waals surface area contributed by atoms with E-state index in [0.717, 1.165) is 31.6 Å². The van der Waals surface area contributed by atoms with Gasteiger partial charge in [0.1, 0.15) is 0 Å². The van der Waals surface area contributed by atoms with Gasteiger partial charge in [-0.15, -0.1) is 5.10 Å². The molecule has 3 rings (SSSR count). The Kier molecular flexibility index (Phi) is 4.55. The van der Waals surface area contributed by atoms with Crippen LogP contribution >= 0.6 is 0 Å². The molecule has 1 aromatic heterocycles. The Balaban J connectivity index is 1.77. The molecule has 1 fully saturated rings. The first-order valence-electron chi connectivity index (χ1n) is 7.81. The fourth-order valence-electron chi connectivity index (χ4n) is 2.80. The van der Waals surface area contributed by atoms with E-state index in [1.165, 1.54) is 18.6 Å². The molecule has 1 atom stereocenters. The molecule has 1 N–H and O–H groups in total. The number of benzene rings is 1. The van der Waals surface area contributed by atoms with Crippen molar-refractivity contribution >= 4 is 17.5 Å². The molecule has 1 aliphatic rings. The van der Waals surface area contributed by atoms with Crippen molar-refractivity contribution in [3.05, 3.63) is 36.0 Å².